The molecule has 0 spiro atoms. The van der Waals surface area contributed by atoms with E-state index >= 15 is 0 Å². The van der Waals surface area contributed by atoms with E-state index in [1.165, 1.54) is 22.7 Å². The summed E-state index contributed by atoms with van der Waals surface area (Å²) in [7, 11) is -2.07. The van der Waals surface area contributed by atoms with E-state index in [-0.39, 0.29) is 11.4 Å². The molecule has 144 valence electrons. The fourth-order valence-electron chi connectivity index (χ4n) is 2.86. The zero-order valence-corrected chi connectivity index (χ0v) is 17.7. The first kappa shape index (κ1) is 20.0. The zero-order valence-electron chi connectivity index (χ0n) is 15.2. The number of sulfonamides is 1. The first-order chi connectivity index (χ1) is 12.8. The molecule has 1 atom stereocenters. The van der Waals surface area contributed by atoms with Crippen molar-refractivity contribution in [2.75, 3.05) is 7.11 Å². The second-order valence-electron chi connectivity index (χ2n) is 6.14. The summed E-state index contributed by atoms with van der Waals surface area (Å²) in [6.07, 6.45) is -0.674. The molecule has 27 heavy (non-hydrogen) atoms. The summed E-state index contributed by atoms with van der Waals surface area (Å²) < 4.78 is 33.2. The molecule has 0 aliphatic carbocycles. The highest BCUT2D eigenvalue weighted by molar-refractivity contribution is 7.89. The van der Waals surface area contributed by atoms with Crippen LogP contribution in [0.5, 0.6) is 5.75 Å². The van der Waals surface area contributed by atoms with E-state index in [9.17, 15) is 13.5 Å². The van der Waals surface area contributed by atoms with Crippen molar-refractivity contribution in [1.29, 1.82) is 0 Å². The molecule has 5 nitrogen and oxygen atoms in total. The van der Waals surface area contributed by atoms with Crippen LogP contribution in [0.1, 0.15) is 31.9 Å². The van der Waals surface area contributed by atoms with Crippen LogP contribution < -0.4 is 9.46 Å². The van der Waals surface area contributed by atoms with E-state index in [2.05, 4.69) is 4.72 Å². The Morgan fingerprint density at radius 3 is 2.44 bits per heavy atom. The maximum absolute atomic E-state index is 12.6. The maximum atomic E-state index is 12.6. The number of ether oxygens (including phenoxy) is 1. The van der Waals surface area contributed by atoms with Crippen LogP contribution in [0.3, 0.4) is 0 Å². The Morgan fingerprint density at radius 2 is 1.85 bits per heavy atom. The number of benzene rings is 1. The van der Waals surface area contributed by atoms with Crippen molar-refractivity contribution >= 4 is 32.7 Å². The van der Waals surface area contributed by atoms with Crippen molar-refractivity contribution in [2.24, 2.45) is 0 Å². The molecule has 3 aromatic rings. The minimum atomic E-state index is -3.64. The minimum Gasteiger partial charge on any atom is -0.496 e. The first-order valence-corrected chi connectivity index (χ1v) is 11.4. The molecule has 2 N–H and O–H groups in total. The third-order valence-electron chi connectivity index (χ3n) is 4.15. The molecular formula is C19H21NO4S3. The molecule has 0 aliphatic rings. The number of aliphatic hydroxyl groups excluding tert-OH is 1. The van der Waals surface area contributed by atoms with Gasteiger partial charge in [-0.1, -0.05) is 6.07 Å². The average Bonchev–Trinajstić information content (AvgIpc) is 3.31. The van der Waals surface area contributed by atoms with E-state index < -0.39 is 16.1 Å². The quantitative estimate of drug-likeness (QED) is 0.602. The number of aryl methyl sites for hydroxylation is 2. The van der Waals surface area contributed by atoms with Crippen molar-refractivity contribution in [3.8, 4) is 5.75 Å². The van der Waals surface area contributed by atoms with Crippen LogP contribution in [0.4, 0.5) is 0 Å². The van der Waals surface area contributed by atoms with Crippen molar-refractivity contribution in [3.63, 3.8) is 0 Å². The van der Waals surface area contributed by atoms with Crippen LogP contribution in [-0.4, -0.2) is 20.6 Å². The Labute approximate surface area is 167 Å². The van der Waals surface area contributed by atoms with Gasteiger partial charge in [-0.05, 0) is 60.7 Å². The van der Waals surface area contributed by atoms with E-state index in [0.717, 1.165) is 25.8 Å². The number of rotatable bonds is 7. The van der Waals surface area contributed by atoms with Crippen LogP contribution in [-0.2, 0) is 16.6 Å². The third-order valence-corrected chi connectivity index (χ3v) is 7.59. The molecule has 3 rings (SSSR count). The largest absolute Gasteiger partial charge is 0.496 e. The summed E-state index contributed by atoms with van der Waals surface area (Å²) in [5, 5.41) is 12.3. The number of hydrogen-bond acceptors (Lipinski definition) is 6. The lowest BCUT2D eigenvalue weighted by Gasteiger charge is -2.12. The second kappa shape index (κ2) is 8.12. The molecule has 2 heterocycles. The standard InChI is InChI=1S/C19H21NO4S3/c1-12-9-15(10-13(2)19(12)24-3)27(22,23)20-11-14-6-7-17(26-14)18(21)16-5-4-8-25-16/h4-10,18,20-21H,11H2,1-3H3. The predicted octanol–water partition coefficient (Wildman–Crippen LogP) is 4.00. The molecule has 0 aliphatic heterocycles. The lowest BCUT2D eigenvalue weighted by molar-refractivity contribution is 0.228. The molecule has 0 saturated carbocycles. The molecule has 2 aromatic heterocycles. The molecular weight excluding hydrogens is 402 g/mol. The van der Waals surface area contributed by atoms with Gasteiger partial charge in [-0.15, -0.1) is 22.7 Å². The van der Waals surface area contributed by atoms with Gasteiger partial charge in [0.15, 0.2) is 0 Å². The molecule has 0 bridgehead atoms. The highest BCUT2D eigenvalue weighted by Crippen LogP contribution is 2.31. The van der Waals surface area contributed by atoms with Crippen LogP contribution in [0, 0.1) is 13.8 Å². The maximum Gasteiger partial charge on any atom is 0.240 e. The Balaban J connectivity index is 1.73. The topological polar surface area (TPSA) is 75.6 Å². The molecule has 8 heteroatoms. The van der Waals surface area contributed by atoms with Gasteiger partial charge in [0.2, 0.25) is 10.0 Å². The van der Waals surface area contributed by atoms with Crippen LogP contribution in [0.2, 0.25) is 0 Å². The summed E-state index contributed by atoms with van der Waals surface area (Å²) in [5.74, 6) is 0.694. The Bertz CT molecular complexity index is 1000. The smallest absolute Gasteiger partial charge is 0.240 e. The number of thiophene rings is 2. The summed E-state index contributed by atoms with van der Waals surface area (Å²) in [6.45, 7) is 3.82. The van der Waals surface area contributed by atoms with E-state index in [1.54, 1.807) is 19.2 Å². The monoisotopic (exact) mass is 423 g/mol. The summed E-state index contributed by atoms with van der Waals surface area (Å²) in [6, 6.07) is 10.7. The van der Waals surface area contributed by atoms with Crippen molar-refractivity contribution in [1.82, 2.24) is 4.72 Å². The highest BCUT2D eigenvalue weighted by atomic mass is 32.2. The summed E-state index contributed by atoms with van der Waals surface area (Å²) in [5.41, 5.74) is 1.55. The van der Waals surface area contributed by atoms with Crippen molar-refractivity contribution in [2.45, 2.75) is 31.4 Å². The number of hydrogen-bond donors (Lipinski definition) is 2. The van der Waals surface area contributed by atoms with Gasteiger partial charge in [0.25, 0.3) is 0 Å². The van der Waals surface area contributed by atoms with Crippen LogP contribution in [0.15, 0.2) is 46.7 Å². The lowest BCUT2D eigenvalue weighted by atomic mass is 10.1. The second-order valence-corrected chi connectivity index (χ2v) is 10.1. The summed E-state index contributed by atoms with van der Waals surface area (Å²) in [4.78, 5) is 2.72. The molecule has 0 amide bonds. The van der Waals surface area contributed by atoms with E-state index in [1.807, 2.05) is 43.5 Å². The number of aliphatic hydroxyl groups is 1. The predicted molar refractivity (Wildman–Crippen MR) is 109 cm³/mol. The van der Waals surface area contributed by atoms with Crippen molar-refractivity contribution in [3.05, 3.63) is 67.5 Å². The highest BCUT2D eigenvalue weighted by Gasteiger charge is 2.19. The first-order valence-electron chi connectivity index (χ1n) is 8.27. The molecule has 0 fully saturated rings. The third kappa shape index (κ3) is 4.41. The fraction of sp³-hybridized carbons (Fsp3) is 0.263. The van der Waals surface area contributed by atoms with Gasteiger partial charge in [-0.2, -0.15) is 0 Å². The minimum absolute atomic E-state index is 0.175. The number of methoxy groups -OCH3 is 1. The SMILES string of the molecule is COc1c(C)cc(S(=O)(=O)NCc2ccc(C(O)c3cccs3)s2)cc1C. The van der Waals surface area contributed by atoms with Gasteiger partial charge < -0.3 is 9.84 Å². The zero-order chi connectivity index (χ0) is 19.6. The molecule has 0 saturated heterocycles. The van der Waals surface area contributed by atoms with Gasteiger partial charge >= 0.3 is 0 Å². The van der Waals surface area contributed by atoms with Gasteiger partial charge in [0, 0.05) is 21.2 Å². The van der Waals surface area contributed by atoms with Gasteiger partial charge in [0.05, 0.1) is 12.0 Å². The summed E-state index contributed by atoms with van der Waals surface area (Å²) >= 11 is 2.89. The average molecular weight is 424 g/mol. The molecule has 0 radical (unpaired) electrons. The van der Waals surface area contributed by atoms with Crippen LogP contribution in [0.25, 0.3) is 0 Å². The number of nitrogens with one attached hydrogen (secondary N) is 1. The lowest BCUT2D eigenvalue weighted by Crippen LogP contribution is -2.23. The van der Waals surface area contributed by atoms with Crippen LogP contribution >= 0.6 is 22.7 Å². The normalized spacial score (nSPS) is 12.9. The Kier molecular flexibility index (Phi) is 6.02. The van der Waals surface area contributed by atoms with Gasteiger partial charge in [-0.25, -0.2) is 13.1 Å². The Morgan fingerprint density at radius 1 is 1.15 bits per heavy atom. The fourth-order valence-corrected chi connectivity index (χ4v) is 5.89. The van der Waals surface area contributed by atoms with Crippen molar-refractivity contribution < 1.29 is 18.3 Å². The van der Waals surface area contributed by atoms with Gasteiger partial charge in [-0.3, -0.25) is 0 Å². The Hall–Kier alpha value is -1.71. The van der Waals surface area contributed by atoms with Gasteiger partial charge in [0.1, 0.15) is 11.9 Å². The van der Waals surface area contributed by atoms with E-state index in [0.29, 0.717) is 5.75 Å². The molecule has 1 aromatic carbocycles. The molecule has 1 unspecified atom stereocenters. The van der Waals surface area contributed by atoms with E-state index in [4.69, 9.17) is 4.74 Å².